The third-order valence-electron chi connectivity index (χ3n) is 3.36. The zero-order valence-electron chi connectivity index (χ0n) is 10.4. The molecule has 3 N–H and O–H groups in total. The van der Waals surface area contributed by atoms with Crippen LogP contribution in [0.15, 0.2) is 24.3 Å². The normalized spacial score (nSPS) is 22.2. The van der Waals surface area contributed by atoms with E-state index in [0.717, 1.165) is 36.3 Å². The predicted octanol–water partition coefficient (Wildman–Crippen LogP) is 3.50. The van der Waals surface area contributed by atoms with E-state index in [9.17, 15) is 13.2 Å². The summed E-state index contributed by atoms with van der Waals surface area (Å²) in [7, 11) is 0. The molecule has 0 radical (unpaired) electrons. The molecule has 1 aromatic rings. The van der Waals surface area contributed by atoms with Crippen molar-refractivity contribution in [2.45, 2.75) is 36.7 Å². The third-order valence-corrected chi connectivity index (χ3v) is 4.82. The number of hydrazine groups is 1. The Morgan fingerprint density at radius 3 is 2.37 bits per heavy atom. The highest BCUT2D eigenvalue weighted by Gasteiger charge is 2.31. The van der Waals surface area contributed by atoms with Crippen molar-refractivity contribution in [2.24, 2.45) is 5.84 Å². The molecule has 1 fully saturated rings. The van der Waals surface area contributed by atoms with Crippen LogP contribution in [0.4, 0.5) is 13.2 Å². The van der Waals surface area contributed by atoms with Crippen LogP contribution in [-0.4, -0.2) is 11.0 Å². The molecule has 0 aromatic heterocycles. The van der Waals surface area contributed by atoms with Crippen molar-refractivity contribution in [1.29, 1.82) is 0 Å². The smallest absolute Gasteiger partial charge is 0.271 e. The van der Waals surface area contributed by atoms with Crippen molar-refractivity contribution in [2.75, 3.05) is 5.75 Å². The average molecular weight is 290 g/mol. The number of hydrogen-bond acceptors (Lipinski definition) is 3. The first-order valence-corrected chi connectivity index (χ1v) is 7.32. The molecule has 1 heterocycles. The van der Waals surface area contributed by atoms with E-state index in [1.54, 1.807) is 0 Å². The Morgan fingerprint density at radius 1 is 1.21 bits per heavy atom. The lowest BCUT2D eigenvalue weighted by molar-refractivity contribution is -0.137. The molecule has 1 aliphatic rings. The minimum absolute atomic E-state index is 0.0902. The van der Waals surface area contributed by atoms with Crippen LogP contribution in [0.5, 0.6) is 0 Å². The number of alkyl halides is 3. The van der Waals surface area contributed by atoms with Crippen molar-refractivity contribution >= 4 is 11.8 Å². The summed E-state index contributed by atoms with van der Waals surface area (Å²) >= 11 is 1.84. The van der Waals surface area contributed by atoms with Crippen LogP contribution in [0.2, 0.25) is 0 Å². The molecular formula is C13H17F3N2S. The summed E-state index contributed by atoms with van der Waals surface area (Å²) in [6.45, 7) is 0. The first-order chi connectivity index (χ1) is 9.02. The Bertz CT molecular complexity index is 399. The van der Waals surface area contributed by atoms with E-state index in [-0.39, 0.29) is 6.04 Å². The topological polar surface area (TPSA) is 38.0 Å². The molecule has 106 valence electrons. The van der Waals surface area contributed by atoms with E-state index in [1.165, 1.54) is 18.6 Å². The maximum absolute atomic E-state index is 12.5. The number of benzene rings is 1. The van der Waals surface area contributed by atoms with E-state index in [0.29, 0.717) is 5.25 Å². The second-order valence-electron chi connectivity index (χ2n) is 4.67. The van der Waals surface area contributed by atoms with Crippen LogP contribution < -0.4 is 11.3 Å². The summed E-state index contributed by atoms with van der Waals surface area (Å²) in [6.07, 6.45) is -0.897. The third kappa shape index (κ3) is 3.64. The van der Waals surface area contributed by atoms with Gasteiger partial charge in [-0.3, -0.25) is 11.3 Å². The molecule has 0 spiro atoms. The van der Waals surface area contributed by atoms with E-state index in [2.05, 4.69) is 5.43 Å². The Balaban J connectivity index is 2.14. The van der Waals surface area contributed by atoms with Crippen molar-refractivity contribution in [3.63, 3.8) is 0 Å². The fourth-order valence-corrected chi connectivity index (χ4v) is 3.76. The molecule has 0 amide bonds. The lowest BCUT2D eigenvalue weighted by Gasteiger charge is -2.29. The van der Waals surface area contributed by atoms with E-state index >= 15 is 0 Å². The number of rotatable bonds is 3. The van der Waals surface area contributed by atoms with Gasteiger partial charge in [-0.25, -0.2) is 0 Å². The van der Waals surface area contributed by atoms with Gasteiger partial charge >= 0.3 is 6.18 Å². The fraction of sp³-hybridized carbons (Fsp3) is 0.538. The van der Waals surface area contributed by atoms with Gasteiger partial charge in [0.1, 0.15) is 0 Å². The van der Waals surface area contributed by atoms with Crippen LogP contribution in [0.3, 0.4) is 0 Å². The molecule has 19 heavy (non-hydrogen) atoms. The number of hydrogen-bond donors (Lipinski definition) is 2. The second-order valence-corrected chi connectivity index (χ2v) is 6.02. The highest BCUT2D eigenvalue weighted by molar-refractivity contribution is 8.00. The molecule has 2 rings (SSSR count). The highest BCUT2D eigenvalue weighted by Crippen LogP contribution is 2.35. The predicted molar refractivity (Wildman–Crippen MR) is 71.6 cm³/mol. The molecule has 2 unspecified atom stereocenters. The molecule has 1 aromatic carbocycles. The molecule has 2 atom stereocenters. The summed E-state index contributed by atoms with van der Waals surface area (Å²) in [5, 5.41) is 0.329. The lowest BCUT2D eigenvalue weighted by Crippen LogP contribution is -2.36. The van der Waals surface area contributed by atoms with Gasteiger partial charge in [-0.2, -0.15) is 24.9 Å². The Labute approximate surface area is 114 Å². The van der Waals surface area contributed by atoms with Gasteiger partial charge in [0.05, 0.1) is 11.6 Å². The van der Waals surface area contributed by atoms with Crippen molar-refractivity contribution in [3.8, 4) is 0 Å². The van der Waals surface area contributed by atoms with Crippen molar-refractivity contribution in [3.05, 3.63) is 35.4 Å². The first-order valence-electron chi connectivity index (χ1n) is 6.27. The summed E-state index contributed by atoms with van der Waals surface area (Å²) < 4.78 is 37.5. The van der Waals surface area contributed by atoms with Gasteiger partial charge in [0.15, 0.2) is 0 Å². The molecule has 1 saturated heterocycles. The first kappa shape index (κ1) is 14.7. The van der Waals surface area contributed by atoms with Gasteiger partial charge < -0.3 is 0 Å². The lowest BCUT2D eigenvalue weighted by atomic mass is 9.99. The van der Waals surface area contributed by atoms with Crippen molar-refractivity contribution in [1.82, 2.24) is 5.43 Å². The number of nitrogens with two attached hydrogens (primary N) is 1. The van der Waals surface area contributed by atoms with Crippen LogP contribution in [0.25, 0.3) is 0 Å². The number of thioether (sulfide) groups is 1. The van der Waals surface area contributed by atoms with Gasteiger partial charge in [-0.05, 0) is 36.3 Å². The minimum atomic E-state index is -4.29. The van der Waals surface area contributed by atoms with Gasteiger partial charge in [0.2, 0.25) is 0 Å². The molecule has 0 saturated carbocycles. The second kappa shape index (κ2) is 6.15. The maximum Gasteiger partial charge on any atom is 0.416 e. The number of halogens is 3. The molecule has 0 bridgehead atoms. The Kier molecular flexibility index (Phi) is 4.76. The largest absolute Gasteiger partial charge is 0.416 e. The maximum atomic E-state index is 12.5. The van der Waals surface area contributed by atoms with Crippen LogP contribution >= 0.6 is 11.8 Å². The van der Waals surface area contributed by atoms with Crippen LogP contribution in [0.1, 0.15) is 36.4 Å². The molecular weight excluding hydrogens is 273 g/mol. The highest BCUT2D eigenvalue weighted by atomic mass is 32.2. The molecule has 6 heteroatoms. The number of nitrogens with one attached hydrogen (secondary N) is 1. The molecule has 0 aliphatic carbocycles. The van der Waals surface area contributed by atoms with Gasteiger partial charge in [-0.1, -0.05) is 18.6 Å². The van der Waals surface area contributed by atoms with Gasteiger partial charge in [0, 0.05) is 5.25 Å². The summed E-state index contributed by atoms with van der Waals surface area (Å²) in [5.74, 6) is 6.66. The Hall–Kier alpha value is -0.720. The van der Waals surface area contributed by atoms with Gasteiger partial charge in [-0.15, -0.1) is 0 Å². The van der Waals surface area contributed by atoms with Crippen LogP contribution in [0, 0.1) is 0 Å². The zero-order valence-corrected chi connectivity index (χ0v) is 11.2. The SMILES string of the molecule is NNC(c1ccc(C(F)(F)F)cc1)C1CCCCS1. The molecule has 2 nitrogen and oxygen atoms in total. The summed E-state index contributed by atoms with van der Waals surface area (Å²) in [6, 6.07) is 5.18. The standard InChI is InChI=1S/C13H17F3N2S/c14-13(15,16)10-6-4-9(5-7-10)12(18-17)11-3-1-2-8-19-11/h4-7,11-12,18H,1-3,8,17H2. The van der Waals surface area contributed by atoms with Crippen LogP contribution in [-0.2, 0) is 6.18 Å². The zero-order chi connectivity index (χ0) is 13.9. The quantitative estimate of drug-likeness (QED) is 0.661. The molecule has 1 aliphatic heterocycles. The van der Waals surface area contributed by atoms with E-state index < -0.39 is 11.7 Å². The summed E-state index contributed by atoms with van der Waals surface area (Å²) in [4.78, 5) is 0. The van der Waals surface area contributed by atoms with E-state index in [4.69, 9.17) is 5.84 Å². The van der Waals surface area contributed by atoms with E-state index in [1.807, 2.05) is 11.8 Å². The monoisotopic (exact) mass is 290 g/mol. The fourth-order valence-electron chi connectivity index (χ4n) is 2.33. The van der Waals surface area contributed by atoms with Gasteiger partial charge in [0.25, 0.3) is 0 Å². The average Bonchev–Trinajstić information content (AvgIpc) is 2.40. The van der Waals surface area contributed by atoms with Crippen molar-refractivity contribution < 1.29 is 13.2 Å². The Morgan fingerprint density at radius 2 is 1.89 bits per heavy atom. The summed E-state index contributed by atoms with van der Waals surface area (Å²) in [5.41, 5.74) is 2.94. The minimum Gasteiger partial charge on any atom is -0.271 e.